The summed E-state index contributed by atoms with van der Waals surface area (Å²) in [5.41, 5.74) is 12.4. The molecule has 36 heavy (non-hydrogen) atoms. The molecule has 1 rings (SSSR count). The molecule has 0 saturated carbocycles. The van der Waals surface area contributed by atoms with Crippen LogP contribution in [0.15, 0.2) is 24.3 Å². The van der Waals surface area contributed by atoms with Crippen LogP contribution in [0.5, 0.6) is 5.75 Å². The molecule has 1 aromatic carbocycles. The first-order valence-corrected chi connectivity index (χ1v) is 13.5. The summed E-state index contributed by atoms with van der Waals surface area (Å²) in [5.74, 6) is 0.425. The average molecular weight is 507 g/mol. The molecule has 7 N–H and O–H groups in total. The summed E-state index contributed by atoms with van der Waals surface area (Å²) < 4.78 is 5.73. The summed E-state index contributed by atoms with van der Waals surface area (Å²) in [4.78, 5) is 25.6. The van der Waals surface area contributed by atoms with Gasteiger partial charge in [-0.05, 0) is 62.1 Å². The van der Waals surface area contributed by atoms with E-state index < -0.39 is 12.1 Å². The molecule has 8 heteroatoms. The van der Waals surface area contributed by atoms with Gasteiger partial charge in [0.25, 0.3) is 5.91 Å². The zero-order chi connectivity index (χ0) is 27.1. The number of hydrogen-bond acceptors (Lipinski definition) is 6. The first-order chi connectivity index (χ1) is 17.1. The van der Waals surface area contributed by atoms with Crippen LogP contribution in [0.25, 0.3) is 0 Å². The Bertz CT molecular complexity index is 772. The van der Waals surface area contributed by atoms with Gasteiger partial charge in [-0.2, -0.15) is 0 Å². The van der Waals surface area contributed by atoms with Crippen molar-refractivity contribution in [2.45, 2.75) is 78.9 Å². The van der Waals surface area contributed by atoms with Crippen LogP contribution in [-0.2, 0) is 4.79 Å². The molecule has 2 amide bonds. The Balaban J connectivity index is 2.72. The number of amides is 2. The minimum atomic E-state index is -0.803. The Kier molecular flexibility index (Phi) is 15.3. The van der Waals surface area contributed by atoms with Crippen LogP contribution in [0.4, 0.5) is 0 Å². The van der Waals surface area contributed by atoms with Gasteiger partial charge in [-0.1, -0.05) is 53.2 Å². The van der Waals surface area contributed by atoms with E-state index in [4.69, 9.17) is 16.2 Å². The normalized spacial score (nSPS) is 14.8. The Hall–Kier alpha value is -2.16. The molecule has 0 aliphatic carbocycles. The summed E-state index contributed by atoms with van der Waals surface area (Å²) in [6.07, 6.45) is 2.72. The highest BCUT2D eigenvalue weighted by Crippen LogP contribution is 2.24. The lowest BCUT2D eigenvalue weighted by Gasteiger charge is -2.30. The standard InChI is InChI=1S/C28H50N4O4/c1-6-7-14-31-28(35)23(20(4)5)17-25(33)24(30)16-21(19(2)3)18-32-27(34)22-11-8-9-12-26(22)36-15-10-13-29/h8-9,11-12,19-21,23-25,33H,6-7,10,13-18,29-30H2,1-5H3,(H,31,35)(H,32,34)/t21-,23-,24+,25+/m1/s1. The molecule has 0 aliphatic rings. The van der Waals surface area contributed by atoms with Crippen molar-refractivity contribution in [2.75, 3.05) is 26.2 Å². The first kappa shape index (κ1) is 31.9. The zero-order valence-electron chi connectivity index (χ0n) is 23.0. The molecule has 8 nitrogen and oxygen atoms in total. The maximum atomic E-state index is 12.9. The van der Waals surface area contributed by atoms with Gasteiger partial charge in [0.1, 0.15) is 5.75 Å². The largest absolute Gasteiger partial charge is 0.493 e. The Morgan fingerprint density at radius 1 is 1.03 bits per heavy atom. The molecule has 0 fully saturated rings. The summed E-state index contributed by atoms with van der Waals surface area (Å²) in [6.45, 7) is 12.3. The third kappa shape index (κ3) is 11.3. The lowest BCUT2D eigenvalue weighted by molar-refractivity contribution is -0.127. The minimum absolute atomic E-state index is 0.0234. The molecule has 0 aliphatic heterocycles. The van der Waals surface area contributed by atoms with Gasteiger partial charge in [0.05, 0.1) is 18.3 Å². The fourth-order valence-corrected chi connectivity index (χ4v) is 4.10. The van der Waals surface area contributed by atoms with E-state index >= 15 is 0 Å². The maximum absolute atomic E-state index is 12.9. The van der Waals surface area contributed by atoms with Crippen LogP contribution in [0, 0.1) is 23.7 Å². The fourth-order valence-electron chi connectivity index (χ4n) is 4.10. The molecule has 0 heterocycles. The highest BCUT2D eigenvalue weighted by atomic mass is 16.5. The average Bonchev–Trinajstić information content (AvgIpc) is 2.84. The van der Waals surface area contributed by atoms with Gasteiger partial charge in [-0.3, -0.25) is 9.59 Å². The van der Waals surface area contributed by atoms with Crippen molar-refractivity contribution >= 4 is 11.8 Å². The van der Waals surface area contributed by atoms with Gasteiger partial charge in [0.15, 0.2) is 0 Å². The van der Waals surface area contributed by atoms with Gasteiger partial charge in [-0.15, -0.1) is 0 Å². The lowest BCUT2D eigenvalue weighted by Crippen LogP contribution is -2.44. The molecular formula is C28H50N4O4. The van der Waals surface area contributed by atoms with Crippen molar-refractivity contribution in [3.05, 3.63) is 29.8 Å². The van der Waals surface area contributed by atoms with E-state index in [2.05, 4.69) is 31.4 Å². The van der Waals surface area contributed by atoms with Crippen LogP contribution in [0.2, 0.25) is 0 Å². The predicted octanol–water partition coefficient (Wildman–Crippen LogP) is 3.07. The second-order valence-electron chi connectivity index (χ2n) is 10.4. The van der Waals surface area contributed by atoms with Crippen molar-refractivity contribution in [1.82, 2.24) is 10.6 Å². The SMILES string of the molecule is CCCCNC(=O)[C@H](C[C@H](O)[C@@H](N)C[C@H](CNC(=O)c1ccccc1OCCCN)C(C)C)C(C)C. The quantitative estimate of drug-likeness (QED) is 0.194. The number of benzene rings is 1. The first-order valence-electron chi connectivity index (χ1n) is 13.5. The predicted molar refractivity (Wildman–Crippen MR) is 146 cm³/mol. The van der Waals surface area contributed by atoms with Gasteiger partial charge in [0.2, 0.25) is 5.91 Å². The van der Waals surface area contributed by atoms with Gasteiger partial charge in [0, 0.05) is 25.0 Å². The Morgan fingerprint density at radius 2 is 1.72 bits per heavy atom. The monoisotopic (exact) mass is 506 g/mol. The molecular weight excluding hydrogens is 456 g/mol. The topological polar surface area (TPSA) is 140 Å². The number of nitrogens with one attached hydrogen (secondary N) is 2. The molecule has 0 spiro atoms. The van der Waals surface area contributed by atoms with Crippen molar-refractivity contribution in [3.63, 3.8) is 0 Å². The summed E-state index contributed by atoms with van der Waals surface area (Å²) in [5, 5.41) is 16.9. The second-order valence-corrected chi connectivity index (χ2v) is 10.4. The van der Waals surface area contributed by atoms with Crippen molar-refractivity contribution in [3.8, 4) is 5.75 Å². The van der Waals surface area contributed by atoms with E-state index in [1.807, 2.05) is 19.9 Å². The molecule has 0 aromatic heterocycles. The number of nitrogens with two attached hydrogens (primary N) is 2. The van der Waals surface area contributed by atoms with E-state index in [-0.39, 0.29) is 35.5 Å². The number of aliphatic hydroxyl groups is 1. The highest BCUT2D eigenvalue weighted by molar-refractivity contribution is 5.96. The lowest BCUT2D eigenvalue weighted by atomic mass is 9.83. The zero-order valence-corrected chi connectivity index (χ0v) is 23.0. The number of para-hydroxylation sites is 1. The fraction of sp³-hybridized carbons (Fsp3) is 0.714. The summed E-state index contributed by atoms with van der Waals surface area (Å²) in [6, 6.07) is 6.66. The number of aliphatic hydroxyl groups excluding tert-OH is 1. The third-order valence-corrected chi connectivity index (χ3v) is 6.74. The third-order valence-electron chi connectivity index (χ3n) is 6.74. The number of unbranched alkanes of at least 4 members (excludes halogenated alkanes) is 1. The summed E-state index contributed by atoms with van der Waals surface area (Å²) in [7, 11) is 0. The molecule has 4 atom stereocenters. The van der Waals surface area contributed by atoms with E-state index in [0.717, 1.165) is 12.8 Å². The van der Waals surface area contributed by atoms with Gasteiger partial charge >= 0.3 is 0 Å². The molecule has 0 unspecified atom stereocenters. The Labute approximate surface area is 217 Å². The minimum Gasteiger partial charge on any atom is -0.493 e. The van der Waals surface area contributed by atoms with Crippen molar-refractivity contribution in [1.29, 1.82) is 0 Å². The smallest absolute Gasteiger partial charge is 0.255 e. The van der Waals surface area contributed by atoms with E-state index in [1.165, 1.54) is 0 Å². The van der Waals surface area contributed by atoms with Crippen molar-refractivity contribution in [2.24, 2.45) is 35.1 Å². The number of ether oxygens (including phenoxy) is 1. The van der Waals surface area contributed by atoms with Gasteiger partial charge in [-0.25, -0.2) is 0 Å². The van der Waals surface area contributed by atoms with Crippen molar-refractivity contribution < 1.29 is 19.4 Å². The van der Waals surface area contributed by atoms with E-state index in [9.17, 15) is 14.7 Å². The van der Waals surface area contributed by atoms with E-state index in [0.29, 0.717) is 56.8 Å². The van der Waals surface area contributed by atoms with Gasteiger partial charge < -0.3 is 31.9 Å². The number of carbonyl (C=O) groups is 2. The van der Waals surface area contributed by atoms with Crippen LogP contribution >= 0.6 is 0 Å². The Morgan fingerprint density at radius 3 is 2.33 bits per heavy atom. The van der Waals surface area contributed by atoms with Crippen LogP contribution in [0.3, 0.4) is 0 Å². The second kappa shape index (κ2) is 17.3. The molecule has 206 valence electrons. The van der Waals surface area contributed by atoms with Crippen LogP contribution in [0.1, 0.15) is 77.1 Å². The maximum Gasteiger partial charge on any atom is 0.255 e. The molecule has 1 aromatic rings. The van der Waals surface area contributed by atoms with Crippen LogP contribution in [-0.4, -0.2) is 55.3 Å². The molecule has 0 saturated heterocycles. The number of hydrogen-bond donors (Lipinski definition) is 5. The van der Waals surface area contributed by atoms with E-state index in [1.54, 1.807) is 18.2 Å². The molecule has 0 bridgehead atoms. The highest BCUT2D eigenvalue weighted by Gasteiger charge is 2.29. The van der Waals surface area contributed by atoms with Crippen LogP contribution < -0.4 is 26.8 Å². The number of carbonyl (C=O) groups excluding carboxylic acids is 2. The molecule has 0 radical (unpaired) electrons. The number of rotatable bonds is 18. The summed E-state index contributed by atoms with van der Waals surface area (Å²) >= 11 is 0.